The molecule has 7 aromatic carbocycles. The Bertz CT molecular complexity index is 3200. The first-order chi connectivity index (χ1) is 30.7. The zero-order valence-corrected chi connectivity index (χ0v) is 36.4. The van der Waals surface area contributed by atoms with E-state index in [1.165, 1.54) is 44.5 Å². The summed E-state index contributed by atoms with van der Waals surface area (Å²) in [5, 5.41) is 0. The minimum atomic E-state index is -0.143. The lowest BCUT2D eigenvalue weighted by atomic mass is 9.82. The molecule has 0 aromatic heterocycles. The maximum Gasteiger partial charge on any atom is 0.0973 e. The van der Waals surface area contributed by atoms with E-state index in [0.717, 1.165) is 56.4 Å². The fourth-order valence-corrected chi connectivity index (χ4v) is 9.94. The maximum absolute atomic E-state index is 6.31. The fourth-order valence-electron chi connectivity index (χ4n) is 9.94. The van der Waals surface area contributed by atoms with Crippen LogP contribution in [0.15, 0.2) is 217 Å². The van der Waals surface area contributed by atoms with Gasteiger partial charge in [-0.25, -0.2) is 0 Å². The Labute approximate surface area is 372 Å². The van der Waals surface area contributed by atoms with Gasteiger partial charge in [-0.2, -0.15) is 0 Å². The molecule has 302 valence electrons. The maximum atomic E-state index is 6.31. The smallest absolute Gasteiger partial charge is 0.0973 e. The molecule has 0 aliphatic heterocycles. The largest absolute Gasteiger partial charge is 0.303 e. The number of hydrogen-bond donors (Lipinski definition) is 0. The first kappa shape index (κ1) is 39.4. The second kappa shape index (κ2) is 15.6. The third-order valence-electron chi connectivity index (χ3n) is 13.1. The van der Waals surface area contributed by atoms with Gasteiger partial charge in [0.2, 0.25) is 0 Å². The van der Waals surface area contributed by atoms with Crippen molar-refractivity contribution >= 4 is 22.7 Å². The highest BCUT2D eigenvalue weighted by atomic mass is 15.2. The van der Waals surface area contributed by atoms with Gasteiger partial charge in [-0.05, 0) is 146 Å². The van der Waals surface area contributed by atoms with Gasteiger partial charge < -0.3 is 9.80 Å². The van der Waals surface area contributed by atoms with E-state index in [4.69, 9.17) is 6.42 Å². The van der Waals surface area contributed by atoms with E-state index in [9.17, 15) is 0 Å². The van der Waals surface area contributed by atoms with Gasteiger partial charge in [0, 0.05) is 33.6 Å². The molecule has 7 aromatic rings. The van der Waals surface area contributed by atoms with E-state index in [0.29, 0.717) is 0 Å². The monoisotopic (exact) mass is 808 g/mol. The van der Waals surface area contributed by atoms with Crippen molar-refractivity contribution in [2.24, 2.45) is 0 Å². The Morgan fingerprint density at radius 1 is 0.540 bits per heavy atom. The molecule has 2 heteroatoms. The molecule has 10 rings (SSSR count). The van der Waals surface area contributed by atoms with Gasteiger partial charge in [-0.15, -0.1) is 6.42 Å². The van der Waals surface area contributed by atoms with Crippen LogP contribution in [0.25, 0.3) is 44.5 Å². The summed E-state index contributed by atoms with van der Waals surface area (Å²) in [6, 6.07) is 57.6. The second-order valence-electron chi connectivity index (χ2n) is 17.5. The van der Waals surface area contributed by atoms with Crippen LogP contribution in [0, 0.1) is 12.3 Å². The molecule has 0 N–H and O–H groups in total. The van der Waals surface area contributed by atoms with Crippen molar-refractivity contribution in [3.05, 3.63) is 239 Å². The summed E-state index contributed by atoms with van der Waals surface area (Å²) in [4.78, 5) is 4.51. The number of fused-ring (bicyclic) bond motifs is 6. The minimum Gasteiger partial charge on any atom is -0.303 e. The highest BCUT2D eigenvalue weighted by Gasteiger charge is 2.37. The summed E-state index contributed by atoms with van der Waals surface area (Å²) in [6.45, 7) is 11.3. The topological polar surface area (TPSA) is 6.48 Å². The van der Waals surface area contributed by atoms with Crippen LogP contribution >= 0.6 is 0 Å². The van der Waals surface area contributed by atoms with Crippen LogP contribution in [0.1, 0.15) is 56.9 Å². The lowest BCUT2D eigenvalue weighted by Crippen LogP contribution is -2.18. The van der Waals surface area contributed by atoms with Crippen LogP contribution in [-0.4, -0.2) is 0 Å². The normalized spacial score (nSPS) is 14.7. The van der Waals surface area contributed by atoms with E-state index in [2.05, 4.69) is 219 Å². The van der Waals surface area contributed by atoms with E-state index < -0.39 is 0 Å². The van der Waals surface area contributed by atoms with Crippen LogP contribution in [-0.2, 0) is 10.8 Å². The van der Waals surface area contributed by atoms with Crippen molar-refractivity contribution in [3.8, 4) is 56.9 Å². The quantitative estimate of drug-likeness (QED) is 0.0814. The molecule has 0 amide bonds. The van der Waals surface area contributed by atoms with Crippen molar-refractivity contribution in [2.45, 2.75) is 45.4 Å². The van der Waals surface area contributed by atoms with Crippen LogP contribution in [0.3, 0.4) is 0 Å². The predicted octanol–water partition coefficient (Wildman–Crippen LogP) is 15.8. The highest BCUT2D eigenvalue weighted by molar-refractivity contribution is 5.90. The van der Waals surface area contributed by atoms with Gasteiger partial charge >= 0.3 is 0 Å². The van der Waals surface area contributed by atoms with Gasteiger partial charge in [-0.1, -0.05) is 167 Å². The molecule has 0 saturated carbocycles. The van der Waals surface area contributed by atoms with E-state index in [1.807, 2.05) is 37.3 Å². The van der Waals surface area contributed by atoms with Crippen LogP contribution in [0.5, 0.6) is 0 Å². The average molecular weight is 809 g/mol. The lowest BCUT2D eigenvalue weighted by Gasteiger charge is -2.29. The first-order valence-corrected chi connectivity index (χ1v) is 21.8. The molecule has 3 aliphatic rings. The Morgan fingerprint density at radius 3 is 1.67 bits per heavy atom. The third kappa shape index (κ3) is 6.64. The van der Waals surface area contributed by atoms with E-state index in [1.54, 1.807) is 0 Å². The van der Waals surface area contributed by atoms with Gasteiger partial charge in [0.05, 0.1) is 11.4 Å². The van der Waals surface area contributed by atoms with Crippen LogP contribution < -0.4 is 9.80 Å². The number of allylic oxidation sites excluding steroid dienone is 7. The van der Waals surface area contributed by atoms with Crippen molar-refractivity contribution in [3.63, 3.8) is 0 Å². The molecule has 0 atom stereocenters. The lowest BCUT2D eigenvalue weighted by molar-refractivity contribution is 0.660. The van der Waals surface area contributed by atoms with Crippen molar-refractivity contribution < 1.29 is 0 Å². The van der Waals surface area contributed by atoms with Gasteiger partial charge in [0.25, 0.3) is 0 Å². The Kier molecular flexibility index (Phi) is 9.75. The van der Waals surface area contributed by atoms with Gasteiger partial charge in [0.1, 0.15) is 0 Å². The number of nitrogens with zero attached hydrogens (tertiary/aromatic N) is 2. The van der Waals surface area contributed by atoms with Crippen molar-refractivity contribution in [1.29, 1.82) is 0 Å². The molecule has 0 radical (unpaired) electrons. The molecule has 0 heterocycles. The summed E-state index contributed by atoms with van der Waals surface area (Å²) >= 11 is 0. The zero-order valence-electron chi connectivity index (χ0n) is 36.4. The summed E-state index contributed by atoms with van der Waals surface area (Å²) in [5.41, 5.74) is 27.2. The summed E-state index contributed by atoms with van der Waals surface area (Å²) in [7, 11) is 0. The molecule has 0 saturated heterocycles. The van der Waals surface area contributed by atoms with Gasteiger partial charge in [-0.3, -0.25) is 0 Å². The first-order valence-electron chi connectivity index (χ1n) is 21.8. The molecule has 0 unspecified atom stereocenters. The molecule has 0 bridgehead atoms. The highest BCUT2D eigenvalue weighted by Crippen LogP contribution is 2.52. The SMILES string of the molecule is C#C/C(=C\C=C/C)N(c1ccc(-c2ccc(N(C3=C=C=CC=C3)c3ccc4c(c3)C(C)(C)c3ccccc3-4)cc2-c2ccccc2)cc1)c1ccc2c(c1)C(C)(C)c1ccccc1-2. The minimum absolute atomic E-state index is 0.132. The van der Waals surface area contributed by atoms with Crippen LogP contribution in [0.4, 0.5) is 22.7 Å². The number of terminal acetylenes is 1. The summed E-state index contributed by atoms with van der Waals surface area (Å²) in [5.74, 6) is 3.01. The van der Waals surface area contributed by atoms with Gasteiger partial charge in [0.15, 0.2) is 0 Å². The molecule has 63 heavy (non-hydrogen) atoms. The Morgan fingerprint density at radius 2 is 1.06 bits per heavy atom. The molecule has 0 fully saturated rings. The number of rotatable bonds is 9. The molecular weight excluding hydrogens is 761 g/mol. The number of benzene rings is 7. The Balaban J connectivity index is 1.08. The van der Waals surface area contributed by atoms with Crippen molar-refractivity contribution in [2.75, 3.05) is 9.80 Å². The standard InChI is InChI=1S/C61H48N2/c1-7-9-22-44(8-2)62(48-34-37-53-51-25-16-18-27-56(51)60(3,4)58(53)40-48)46-31-29-43(30-32-46)50-36-33-47(39-55(50)42-20-12-10-13-21-42)63(45-23-14-11-15-24-45)49-35-38-54-52-26-17-19-28-57(52)61(5,6)59(54)41-49/h2,7,9-14,16-23,25-41H,1,3-6H3/b9-7-,44-22+. The average Bonchev–Trinajstić information content (AvgIpc) is 3.70. The van der Waals surface area contributed by atoms with Crippen LogP contribution in [0.2, 0.25) is 0 Å². The molecule has 2 nitrogen and oxygen atoms in total. The number of anilines is 4. The molecule has 3 aliphatic carbocycles. The summed E-state index contributed by atoms with van der Waals surface area (Å²) < 4.78 is 0. The second-order valence-corrected chi connectivity index (χ2v) is 17.5. The number of hydrogen-bond acceptors (Lipinski definition) is 2. The fraction of sp³-hybridized carbons (Fsp3) is 0.115. The van der Waals surface area contributed by atoms with E-state index >= 15 is 0 Å². The predicted molar refractivity (Wildman–Crippen MR) is 266 cm³/mol. The molecular formula is C61H48N2. The molecule has 0 spiro atoms. The van der Waals surface area contributed by atoms with Crippen molar-refractivity contribution in [1.82, 2.24) is 0 Å². The summed E-state index contributed by atoms with van der Waals surface area (Å²) in [6.07, 6.45) is 18.4. The van der Waals surface area contributed by atoms with E-state index in [-0.39, 0.29) is 10.8 Å². The Hall–Kier alpha value is -7.78. The third-order valence-corrected chi connectivity index (χ3v) is 13.1. The zero-order chi connectivity index (χ0) is 43.3.